The molecule has 1 unspecified atom stereocenters. The summed E-state index contributed by atoms with van der Waals surface area (Å²) in [7, 11) is 2.04. The van der Waals surface area contributed by atoms with Crippen molar-refractivity contribution in [2.75, 3.05) is 13.6 Å². The van der Waals surface area contributed by atoms with Crippen molar-refractivity contribution in [3.8, 4) is 0 Å². The van der Waals surface area contributed by atoms with E-state index in [1.807, 2.05) is 19.0 Å². The van der Waals surface area contributed by atoms with Crippen LogP contribution in [0.25, 0.3) is 0 Å². The second kappa shape index (κ2) is 3.76. The van der Waals surface area contributed by atoms with Gasteiger partial charge in [0.15, 0.2) is 0 Å². The van der Waals surface area contributed by atoms with Crippen LogP contribution in [0.2, 0.25) is 0 Å². The van der Waals surface area contributed by atoms with Gasteiger partial charge in [-0.3, -0.25) is 9.80 Å². The number of hydrogen-bond donors (Lipinski definition) is 1. The van der Waals surface area contributed by atoms with Gasteiger partial charge in [-0.15, -0.1) is 0 Å². The minimum atomic E-state index is 0.0490. The predicted molar refractivity (Wildman–Crippen MR) is 58.9 cm³/mol. The molecule has 15 heavy (non-hydrogen) atoms. The van der Waals surface area contributed by atoms with Gasteiger partial charge in [-0.2, -0.15) is 0 Å². The molecule has 4 heteroatoms. The van der Waals surface area contributed by atoms with Crippen LogP contribution in [0.5, 0.6) is 0 Å². The highest BCUT2D eigenvalue weighted by Crippen LogP contribution is 2.42. The number of nitrogens with zero attached hydrogens (tertiary/aromatic N) is 2. The van der Waals surface area contributed by atoms with Crippen molar-refractivity contribution in [1.29, 1.82) is 0 Å². The summed E-state index contributed by atoms with van der Waals surface area (Å²) >= 11 is 0. The van der Waals surface area contributed by atoms with Crippen LogP contribution in [0.15, 0.2) is 0 Å². The first kappa shape index (κ1) is 10.9. The van der Waals surface area contributed by atoms with E-state index in [-0.39, 0.29) is 17.5 Å². The van der Waals surface area contributed by atoms with Crippen LogP contribution in [-0.2, 0) is 4.79 Å². The Balaban J connectivity index is 2.11. The lowest BCUT2D eigenvalue weighted by molar-refractivity contribution is -0.138. The molecule has 0 bridgehead atoms. The number of rotatable bonds is 2. The van der Waals surface area contributed by atoms with E-state index in [1.165, 1.54) is 12.8 Å². The SMILES string of the molecule is CC(N)CN1C(=O)CC2(CCCC2)N1C. The normalized spacial score (nSPS) is 27.9. The first-order chi connectivity index (χ1) is 7.05. The van der Waals surface area contributed by atoms with E-state index in [0.717, 1.165) is 12.8 Å². The molecule has 2 fully saturated rings. The highest BCUT2D eigenvalue weighted by Gasteiger charge is 2.49. The van der Waals surface area contributed by atoms with Crippen molar-refractivity contribution in [1.82, 2.24) is 10.0 Å². The van der Waals surface area contributed by atoms with Gasteiger partial charge in [0.1, 0.15) is 0 Å². The monoisotopic (exact) mass is 211 g/mol. The molecular weight excluding hydrogens is 190 g/mol. The predicted octanol–water partition coefficient (Wildman–Crippen LogP) is 0.726. The zero-order valence-electron chi connectivity index (χ0n) is 9.70. The van der Waals surface area contributed by atoms with Crippen molar-refractivity contribution >= 4 is 5.91 Å². The molecule has 1 heterocycles. The zero-order chi connectivity index (χ0) is 11.1. The lowest BCUT2D eigenvalue weighted by Crippen LogP contribution is -2.49. The van der Waals surface area contributed by atoms with Gasteiger partial charge in [0.2, 0.25) is 5.91 Å². The van der Waals surface area contributed by atoms with E-state index in [2.05, 4.69) is 5.01 Å². The number of carbonyl (C=O) groups is 1. The maximum Gasteiger partial charge on any atom is 0.238 e. The standard InChI is InChI=1S/C11H21N3O/c1-9(12)8-14-10(15)7-11(13(14)2)5-3-4-6-11/h9H,3-8,12H2,1-2H3. The Morgan fingerprint density at radius 1 is 1.47 bits per heavy atom. The smallest absolute Gasteiger partial charge is 0.238 e. The second-order valence-electron chi connectivity index (χ2n) is 5.08. The molecule has 1 saturated carbocycles. The Labute approximate surface area is 91.4 Å². The molecular formula is C11H21N3O. The molecule has 0 aromatic carbocycles. The van der Waals surface area contributed by atoms with E-state index < -0.39 is 0 Å². The van der Waals surface area contributed by atoms with Crippen LogP contribution in [0.1, 0.15) is 39.0 Å². The Bertz CT molecular complexity index is 259. The van der Waals surface area contributed by atoms with Crippen LogP contribution in [0.3, 0.4) is 0 Å². The lowest BCUT2D eigenvalue weighted by atomic mass is 9.94. The lowest BCUT2D eigenvalue weighted by Gasteiger charge is -2.36. The summed E-state index contributed by atoms with van der Waals surface area (Å²) in [5.74, 6) is 0.247. The molecule has 2 aliphatic rings. The van der Waals surface area contributed by atoms with Crippen molar-refractivity contribution in [2.24, 2.45) is 5.73 Å². The van der Waals surface area contributed by atoms with E-state index in [1.54, 1.807) is 0 Å². The van der Waals surface area contributed by atoms with Gasteiger partial charge in [0, 0.05) is 25.0 Å². The number of amides is 1. The van der Waals surface area contributed by atoms with Crippen LogP contribution in [0.4, 0.5) is 0 Å². The summed E-state index contributed by atoms with van der Waals surface area (Å²) in [6, 6.07) is 0.0490. The summed E-state index contributed by atoms with van der Waals surface area (Å²) in [6.45, 7) is 2.60. The molecule has 0 radical (unpaired) electrons. The minimum Gasteiger partial charge on any atom is -0.326 e. The third-order valence-electron chi connectivity index (χ3n) is 3.81. The van der Waals surface area contributed by atoms with Gasteiger partial charge >= 0.3 is 0 Å². The van der Waals surface area contributed by atoms with Gasteiger partial charge in [-0.25, -0.2) is 5.01 Å². The average molecular weight is 211 g/mol. The molecule has 1 aliphatic heterocycles. The fourth-order valence-electron chi connectivity index (χ4n) is 2.94. The van der Waals surface area contributed by atoms with E-state index >= 15 is 0 Å². The number of hydrazine groups is 1. The zero-order valence-corrected chi connectivity index (χ0v) is 9.70. The van der Waals surface area contributed by atoms with Crippen molar-refractivity contribution < 1.29 is 4.79 Å². The summed E-state index contributed by atoms with van der Waals surface area (Å²) in [4.78, 5) is 11.9. The fraction of sp³-hybridized carbons (Fsp3) is 0.909. The largest absolute Gasteiger partial charge is 0.326 e. The first-order valence-corrected chi connectivity index (χ1v) is 5.85. The third kappa shape index (κ3) is 1.76. The fourth-order valence-corrected chi connectivity index (χ4v) is 2.94. The summed E-state index contributed by atoms with van der Waals surface area (Å²) < 4.78 is 0. The van der Waals surface area contributed by atoms with E-state index in [9.17, 15) is 4.79 Å². The summed E-state index contributed by atoms with van der Waals surface area (Å²) in [6.07, 6.45) is 5.51. The Morgan fingerprint density at radius 3 is 2.60 bits per heavy atom. The third-order valence-corrected chi connectivity index (χ3v) is 3.81. The molecule has 2 N–H and O–H groups in total. The van der Waals surface area contributed by atoms with Crippen molar-refractivity contribution in [2.45, 2.75) is 50.6 Å². The topological polar surface area (TPSA) is 49.6 Å². The molecule has 0 aromatic heterocycles. The van der Waals surface area contributed by atoms with Gasteiger partial charge < -0.3 is 5.73 Å². The molecule has 0 aromatic rings. The van der Waals surface area contributed by atoms with E-state index in [4.69, 9.17) is 5.73 Å². The molecule has 1 saturated heterocycles. The maximum absolute atomic E-state index is 11.9. The van der Waals surface area contributed by atoms with Gasteiger partial charge in [0.05, 0.1) is 6.54 Å². The van der Waals surface area contributed by atoms with Gasteiger partial charge in [0.25, 0.3) is 0 Å². The molecule has 86 valence electrons. The minimum absolute atomic E-state index is 0.0490. The second-order valence-corrected chi connectivity index (χ2v) is 5.08. The maximum atomic E-state index is 11.9. The van der Waals surface area contributed by atoms with Crippen molar-refractivity contribution in [3.63, 3.8) is 0 Å². The number of carbonyl (C=O) groups excluding carboxylic acids is 1. The molecule has 1 spiro atoms. The Kier molecular flexibility index (Phi) is 2.73. The highest BCUT2D eigenvalue weighted by molar-refractivity contribution is 5.79. The highest BCUT2D eigenvalue weighted by atomic mass is 16.2. The number of hydrogen-bond acceptors (Lipinski definition) is 3. The number of nitrogens with two attached hydrogens (primary N) is 1. The van der Waals surface area contributed by atoms with Crippen molar-refractivity contribution in [3.05, 3.63) is 0 Å². The summed E-state index contributed by atoms with van der Waals surface area (Å²) in [5, 5.41) is 4.00. The average Bonchev–Trinajstić information content (AvgIpc) is 2.69. The Hall–Kier alpha value is -0.610. The molecule has 1 atom stereocenters. The molecule has 4 nitrogen and oxygen atoms in total. The van der Waals surface area contributed by atoms with Gasteiger partial charge in [-0.1, -0.05) is 12.8 Å². The first-order valence-electron chi connectivity index (χ1n) is 5.85. The molecule has 1 aliphatic carbocycles. The molecule has 2 rings (SSSR count). The van der Waals surface area contributed by atoms with Crippen LogP contribution < -0.4 is 5.73 Å². The van der Waals surface area contributed by atoms with Crippen LogP contribution in [-0.4, -0.2) is 41.1 Å². The van der Waals surface area contributed by atoms with Gasteiger partial charge in [-0.05, 0) is 19.8 Å². The molecule has 1 amide bonds. The summed E-state index contributed by atoms with van der Waals surface area (Å²) in [5.41, 5.74) is 5.89. The van der Waals surface area contributed by atoms with E-state index in [0.29, 0.717) is 13.0 Å². The van der Waals surface area contributed by atoms with Crippen LogP contribution in [0, 0.1) is 0 Å². The van der Waals surface area contributed by atoms with Crippen LogP contribution >= 0.6 is 0 Å². The quantitative estimate of drug-likeness (QED) is 0.732. The Morgan fingerprint density at radius 2 is 2.07 bits per heavy atom.